The lowest BCUT2D eigenvalue weighted by atomic mass is 10.2. The Morgan fingerprint density at radius 2 is 2.22 bits per heavy atom. The quantitative estimate of drug-likeness (QED) is 0.818. The lowest BCUT2D eigenvalue weighted by Crippen LogP contribution is -2.50. The van der Waals surface area contributed by atoms with Crippen molar-refractivity contribution in [1.82, 2.24) is 10.2 Å². The highest BCUT2D eigenvalue weighted by atomic mass is 35.5. The Labute approximate surface area is 110 Å². The Morgan fingerprint density at radius 1 is 1.50 bits per heavy atom. The van der Waals surface area contributed by atoms with Gasteiger partial charge < -0.3 is 10.6 Å². The van der Waals surface area contributed by atoms with Crippen LogP contribution in [0.3, 0.4) is 0 Å². The second-order valence-corrected chi connectivity index (χ2v) is 5.07. The van der Waals surface area contributed by atoms with E-state index in [2.05, 4.69) is 10.6 Å². The lowest BCUT2D eigenvalue weighted by Gasteiger charge is -2.30. The highest BCUT2D eigenvalue weighted by Crippen LogP contribution is 2.20. The van der Waals surface area contributed by atoms with Gasteiger partial charge in [0.2, 0.25) is 5.91 Å². The van der Waals surface area contributed by atoms with Crippen LogP contribution in [0.2, 0.25) is 5.02 Å². The molecule has 0 radical (unpaired) electrons. The van der Waals surface area contributed by atoms with Gasteiger partial charge in [-0.25, -0.2) is 4.79 Å². The zero-order valence-electron chi connectivity index (χ0n) is 10.2. The summed E-state index contributed by atoms with van der Waals surface area (Å²) in [7, 11) is 0. The molecule has 5 nitrogen and oxygen atoms in total. The van der Waals surface area contributed by atoms with Gasteiger partial charge in [-0.1, -0.05) is 17.7 Å². The fourth-order valence-corrected chi connectivity index (χ4v) is 2.06. The van der Waals surface area contributed by atoms with Crippen LogP contribution >= 0.6 is 11.6 Å². The van der Waals surface area contributed by atoms with Gasteiger partial charge in [0.05, 0.1) is 0 Å². The molecule has 2 N–H and O–H groups in total. The maximum Gasteiger partial charge on any atom is 0.324 e. The van der Waals surface area contributed by atoms with Crippen molar-refractivity contribution in [3.8, 4) is 0 Å². The van der Waals surface area contributed by atoms with Crippen molar-refractivity contribution in [2.75, 3.05) is 11.9 Å². The molecule has 0 aromatic heterocycles. The third-order valence-electron chi connectivity index (χ3n) is 2.74. The van der Waals surface area contributed by atoms with E-state index >= 15 is 0 Å². The molecule has 2 rings (SSSR count). The molecule has 1 aliphatic heterocycles. The predicted molar refractivity (Wildman–Crippen MR) is 69.4 cm³/mol. The third kappa shape index (κ3) is 2.56. The van der Waals surface area contributed by atoms with Gasteiger partial charge >= 0.3 is 6.03 Å². The molecule has 1 heterocycles. The number of nitrogens with one attached hydrogen (secondary N) is 2. The molecule has 0 unspecified atom stereocenters. The monoisotopic (exact) mass is 267 g/mol. The fraction of sp³-hybridized carbons (Fsp3) is 0.333. The number of urea groups is 1. The van der Waals surface area contributed by atoms with Crippen LogP contribution in [0.15, 0.2) is 24.3 Å². The second-order valence-electron chi connectivity index (χ2n) is 4.63. The maximum absolute atomic E-state index is 12.1. The lowest BCUT2D eigenvalue weighted by molar-refractivity contribution is -0.118. The molecular weight excluding hydrogens is 254 g/mol. The number of rotatable bonds is 1. The highest BCUT2D eigenvalue weighted by Gasteiger charge is 2.39. The van der Waals surface area contributed by atoms with Crippen LogP contribution < -0.4 is 10.6 Å². The van der Waals surface area contributed by atoms with E-state index in [1.165, 1.54) is 4.90 Å². The van der Waals surface area contributed by atoms with Crippen LogP contribution in [0.5, 0.6) is 0 Å². The van der Waals surface area contributed by atoms with Crippen molar-refractivity contribution in [3.63, 3.8) is 0 Å². The van der Waals surface area contributed by atoms with E-state index in [0.29, 0.717) is 10.7 Å². The summed E-state index contributed by atoms with van der Waals surface area (Å²) in [5.41, 5.74) is -0.0811. The van der Waals surface area contributed by atoms with E-state index < -0.39 is 5.66 Å². The summed E-state index contributed by atoms with van der Waals surface area (Å²) in [6, 6.07) is 6.53. The first-order valence-corrected chi connectivity index (χ1v) is 5.91. The largest absolute Gasteiger partial charge is 0.332 e. The van der Waals surface area contributed by atoms with E-state index in [4.69, 9.17) is 11.6 Å². The van der Waals surface area contributed by atoms with Gasteiger partial charge in [-0.15, -0.1) is 0 Å². The van der Waals surface area contributed by atoms with E-state index in [-0.39, 0.29) is 18.5 Å². The maximum atomic E-state index is 12.1. The van der Waals surface area contributed by atoms with Crippen LogP contribution in [0, 0.1) is 0 Å². The molecule has 18 heavy (non-hydrogen) atoms. The van der Waals surface area contributed by atoms with E-state index in [1.807, 2.05) is 0 Å². The zero-order valence-corrected chi connectivity index (χ0v) is 10.9. The first-order valence-electron chi connectivity index (χ1n) is 5.54. The number of carbonyl (C=O) groups excluding carboxylic acids is 2. The standard InChI is InChI=1S/C12H14ClN3O2/c1-12(2)15-10(17)7-16(12)11(18)14-9-5-3-4-8(13)6-9/h3-6H,7H2,1-2H3,(H,14,18)(H,15,17). The molecule has 1 aromatic rings. The molecule has 6 heteroatoms. The Hall–Kier alpha value is -1.75. The minimum Gasteiger partial charge on any atom is -0.332 e. The number of carbonyl (C=O) groups is 2. The summed E-state index contributed by atoms with van der Waals surface area (Å²) in [6.07, 6.45) is 0. The van der Waals surface area contributed by atoms with Crippen LogP contribution in [-0.2, 0) is 4.79 Å². The summed E-state index contributed by atoms with van der Waals surface area (Å²) >= 11 is 5.84. The summed E-state index contributed by atoms with van der Waals surface area (Å²) in [5.74, 6) is -0.166. The molecule has 0 saturated carbocycles. The first-order chi connectivity index (χ1) is 8.38. The highest BCUT2D eigenvalue weighted by molar-refractivity contribution is 6.30. The Balaban J connectivity index is 2.11. The zero-order chi connectivity index (χ0) is 13.3. The van der Waals surface area contributed by atoms with Gasteiger partial charge in [0.25, 0.3) is 0 Å². The fourth-order valence-electron chi connectivity index (χ4n) is 1.87. The van der Waals surface area contributed by atoms with E-state index in [0.717, 1.165) is 0 Å². The van der Waals surface area contributed by atoms with Crippen LogP contribution in [0.1, 0.15) is 13.8 Å². The number of amides is 3. The van der Waals surface area contributed by atoms with Gasteiger partial charge in [-0.2, -0.15) is 0 Å². The molecule has 96 valence electrons. The topological polar surface area (TPSA) is 61.4 Å². The average molecular weight is 268 g/mol. The Bertz CT molecular complexity index is 502. The minimum absolute atomic E-state index is 0.0550. The average Bonchev–Trinajstić information content (AvgIpc) is 2.51. The molecule has 1 aliphatic rings. The number of anilines is 1. The number of halogens is 1. The second kappa shape index (κ2) is 4.49. The number of hydrogen-bond acceptors (Lipinski definition) is 2. The summed E-state index contributed by atoms with van der Waals surface area (Å²) in [6.45, 7) is 3.60. The van der Waals surface area contributed by atoms with Gasteiger partial charge in [-0.05, 0) is 32.0 Å². The van der Waals surface area contributed by atoms with Crippen LogP contribution in [0.25, 0.3) is 0 Å². The summed E-state index contributed by atoms with van der Waals surface area (Å²) in [4.78, 5) is 24.8. The number of benzene rings is 1. The number of nitrogens with zero attached hydrogens (tertiary/aromatic N) is 1. The molecule has 1 fully saturated rings. The van der Waals surface area contributed by atoms with Crippen molar-refractivity contribution < 1.29 is 9.59 Å². The minimum atomic E-state index is -0.681. The van der Waals surface area contributed by atoms with Crippen molar-refractivity contribution in [3.05, 3.63) is 29.3 Å². The molecule has 1 aromatic carbocycles. The predicted octanol–water partition coefficient (Wildman–Crippen LogP) is 2.04. The number of hydrogen-bond donors (Lipinski definition) is 2. The summed E-state index contributed by atoms with van der Waals surface area (Å²) in [5, 5.41) is 5.98. The molecule has 3 amide bonds. The van der Waals surface area contributed by atoms with E-state index in [1.54, 1.807) is 38.1 Å². The van der Waals surface area contributed by atoms with Crippen molar-refractivity contribution in [2.45, 2.75) is 19.5 Å². The molecule has 0 bridgehead atoms. The normalized spacial score (nSPS) is 17.5. The van der Waals surface area contributed by atoms with Gasteiger partial charge in [0.1, 0.15) is 12.2 Å². The molecule has 0 spiro atoms. The smallest absolute Gasteiger partial charge is 0.324 e. The SMILES string of the molecule is CC1(C)NC(=O)CN1C(=O)Nc1cccc(Cl)c1. The van der Waals surface area contributed by atoms with Gasteiger partial charge in [-0.3, -0.25) is 9.69 Å². The first kappa shape index (κ1) is 12.7. The van der Waals surface area contributed by atoms with Crippen molar-refractivity contribution in [2.24, 2.45) is 0 Å². The molecule has 0 atom stereocenters. The van der Waals surface area contributed by atoms with Gasteiger partial charge in [0, 0.05) is 10.7 Å². The molecular formula is C12H14ClN3O2. The molecule has 1 saturated heterocycles. The van der Waals surface area contributed by atoms with Gasteiger partial charge in [0.15, 0.2) is 0 Å². The summed E-state index contributed by atoms with van der Waals surface area (Å²) < 4.78 is 0. The molecule has 0 aliphatic carbocycles. The van der Waals surface area contributed by atoms with E-state index in [9.17, 15) is 9.59 Å². The Morgan fingerprint density at radius 3 is 2.78 bits per heavy atom. The van der Waals surface area contributed by atoms with Crippen LogP contribution in [-0.4, -0.2) is 29.0 Å². The van der Waals surface area contributed by atoms with Crippen LogP contribution in [0.4, 0.5) is 10.5 Å². The third-order valence-corrected chi connectivity index (χ3v) is 2.98. The van der Waals surface area contributed by atoms with Crippen molar-refractivity contribution in [1.29, 1.82) is 0 Å². The Kier molecular flexibility index (Phi) is 3.17. The van der Waals surface area contributed by atoms with Crippen molar-refractivity contribution >= 4 is 29.2 Å².